The van der Waals surface area contributed by atoms with Gasteiger partial charge in [-0.3, -0.25) is 9.97 Å². The SMILES string of the molecule is [Y].[c-]1nc(NCc2ccncc2)c2[nH]cnc2n1. The summed E-state index contributed by atoms with van der Waals surface area (Å²) in [6.45, 7) is 0.668. The van der Waals surface area contributed by atoms with Crippen LogP contribution in [0.4, 0.5) is 5.82 Å². The van der Waals surface area contributed by atoms with Gasteiger partial charge in [0.15, 0.2) is 0 Å². The van der Waals surface area contributed by atoms with Crippen LogP contribution in [0.2, 0.25) is 0 Å². The van der Waals surface area contributed by atoms with Crippen molar-refractivity contribution < 1.29 is 32.7 Å². The maximum absolute atomic E-state index is 4.06. The minimum absolute atomic E-state index is 0. The van der Waals surface area contributed by atoms with Gasteiger partial charge in [0.05, 0.1) is 12.0 Å². The topological polar surface area (TPSA) is 79.4 Å². The number of imidazole rings is 1. The molecule has 0 atom stereocenters. The van der Waals surface area contributed by atoms with Crippen molar-refractivity contribution in [1.29, 1.82) is 0 Å². The van der Waals surface area contributed by atoms with Gasteiger partial charge in [-0.05, 0) is 17.7 Å². The molecule has 7 heteroatoms. The van der Waals surface area contributed by atoms with Crippen molar-refractivity contribution in [2.75, 3.05) is 5.32 Å². The van der Waals surface area contributed by atoms with E-state index >= 15 is 0 Å². The molecule has 0 fully saturated rings. The Kier molecular flexibility index (Phi) is 4.33. The number of H-pyrrole nitrogens is 1. The fourth-order valence-corrected chi connectivity index (χ4v) is 1.54. The van der Waals surface area contributed by atoms with Crippen LogP contribution in [0.15, 0.2) is 30.9 Å². The number of anilines is 1. The van der Waals surface area contributed by atoms with Gasteiger partial charge < -0.3 is 20.3 Å². The minimum Gasteiger partial charge on any atom is -0.416 e. The van der Waals surface area contributed by atoms with Crippen LogP contribution in [0.5, 0.6) is 0 Å². The molecule has 0 bridgehead atoms. The van der Waals surface area contributed by atoms with Crippen LogP contribution in [-0.4, -0.2) is 24.9 Å². The molecule has 87 valence electrons. The van der Waals surface area contributed by atoms with Crippen LogP contribution in [0.1, 0.15) is 5.56 Å². The average molecular weight is 314 g/mol. The molecule has 1 radical (unpaired) electrons. The number of hydrogen-bond donors (Lipinski definition) is 2. The Hall–Kier alpha value is -1.40. The summed E-state index contributed by atoms with van der Waals surface area (Å²) in [4.78, 5) is 19.0. The van der Waals surface area contributed by atoms with Crippen LogP contribution in [0.25, 0.3) is 11.2 Å². The van der Waals surface area contributed by atoms with Crippen molar-refractivity contribution >= 4 is 17.0 Å². The van der Waals surface area contributed by atoms with Crippen LogP contribution < -0.4 is 5.32 Å². The molecule has 0 saturated heterocycles. The van der Waals surface area contributed by atoms with Crippen LogP contribution in [0, 0.1) is 6.33 Å². The summed E-state index contributed by atoms with van der Waals surface area (Å²) in [5, 5.41) is 3.21. The Morgan fingerprint density at radius 2 is 2.06 bits per heavy atom. The number of pyridine rings is 1. The van der Waals surface area contributed by atoms with E-state index in [1.54, 1.807) is 18.7 Å². The predicted octanol–water partition coefficient (Wildman–Crippen LogP) is 1.16. The van der Waals surface area contributed by atoms with E-state index in [2.05, 4.69) is 36.6 Å². The van der Waals surface area contributed by atoms with E-state index < -0.39 is 0 Å². The largest absolute Gasteiger partial charge is 0.416 e. The number of rotatable bonds is 3. The fourth-order valence-electron chi connectivity index (χ4n) is 1.54. The van der Waals surface area contributed by atoms with Gasteiger partial charge >= 0.3 is 0 Å². The molecule has 18 heavy (non-hydrogen) atoms. The Balaban J connectivity index is 0.00000120. The molecule has 0 aliphatic rings. The molecule has 0 aliphatic carbocycles. The zero-order valence-corrected chi connectivity index (χ0v) is 12.3. The molecular formula is C11H9N6Y-. The molecular weight excluding hydrogens is 305 g/mol. The molecule has 3 aromatic rings. The van der Waals surface area contributed by atoms with Crippen molar-refractivity contribution in [3.05, 3.63) is 42.7 Å². The molecule has 0 unspecified atom stereocenters. The van der Waals surface area contributed by atoms with E-state index in [1.807, 2.05) is 12.1 Å². The predicted molar refractivity (Wildman–Crippen MR) is 62.1 cm³/mol. The second-order valence-corrected chi connectivity index (χ2v) is 3.48. The summed E-state index contributed by atoms with van der Waals surface area (Å²) in [7, 11) is 0. The first-order valence-corrected chi connectivity index (χ1v) is 5.13. The molecule has 0 spiro atoms. The van der Waals surface area contributed by atoms with Crippen LogP contribution in [-0.2, 0) is 39.3 Å². The second kappa shape index (κ2) is 5.97. The molecule has 3 aromatic heterocycles. The van der Waals surface area contributed by atoms with E-state index in [-0.39, 0.29) is 32.7 Å². The summed E-state index contributed by atoms with van der Waals surface area (Å²) in [5.41, 5.74) is 2.53. The Labute approximate surface area is 129 Å². The van der Waals surface area contributed by atoms with E-state index in [0.29, 0.717) is 18.0 Å². The molecule has 6 nitrogen and oxygen atoms in total. The van der Waals surface area contributed by atoms with Crippen molar-refractivity contribution in [2.24, 2.45) is 0 Å². The molecule has 3 heterocycles. The third-order valence-corrected chi connectivity index (χ3v) is 2.38. The van der Waals surface area contributed by atoms with Crippen molar-refractivity contribution in [1.82, 2.24) is 24.9 Å². The van der Waals surface area contributed by atoms with Gasteiger partial charge in [-0.1, -0.05) is 0 Å². The van der Waals surface area contributed by atoms with Crippen molar-refractivity contribution in [3.8, 4) is 0 Å². The van der Waals surface area contributed by atoms with E-state index in [4.69, 9.17) is 0 Å². The summed E-state index contributed by atoms with van der Waals surface area (Å²) in [5.74, 6) is 0.698. The standard InChI is InChI=1S/C11H9N6.Y/c1-3-12-4-2-8(1)5-13-10-9-11(15-6-14-9)17-7-16-10;/h1-4,6H,5H2,(H2,13,14,15,16,17);/q-1;. The van der Waals surface area contributed by atoms with Crippen molar-refractivity contribution in [2.45, 2.75) is 6.54 Å². The summed E-state index contributed by atoms with van der Waals surface area (Å²) in [6, 6.07) is 3.89. The van der Waals surface area contributed by atoms with E-state index in [1.165, 1.54) is 0 Å². The number of nitrogens with zero attached hydrogens (tertiary/aromatic N) is 4. The normalized spacial score (nSPS) is 10.0. The quantitative estimate of drug-likeness (QED) is 0.709. The minimum atomic E-state index is 0. The second-order valence-electron chi connectivity index (χ2n) is 3.48. The number of hydrogen-bond acceptors (Lipinski definition) is 5. The van der Waals surface area contributed by atoms with Gasteiger partial charge in [0, 0.05) is 69.3 Å². The average Bonchev–Trinajstić information content (AvgIpc) is 2.86. The Morgan fingerprint density at radius 3 is 2.89 bits per heavy atom. The van der Waals surface area contributed by atoms with Gasteiger partial charge in [-0.25, -0.2) is 0 Å². The zero-order chi connectivity index (χ0) is 11.5. The van der Waals surface area contributed by atoms with Crippen molar-refractivity contribution in [3.63, 3.8) is 0 Å². The first-order valence-electron chi connectivity index (χ1n) is 5.13. The molecule has 0 amide bonds. The zero-order valence-electron chi connectivity index (χ0n) is 9.46. The fraction of sp³-hybridized carbons (Fsp3) is 0.0909. The number of aromatic nitrogens is 5. The van der Waals surface area contributed by atoms with E-state index in [0.717, 1.165) is 11.1 Å². The summed E-state index contributed by atoms with van der Waals surface area (Å²) < 4.78 is 0. The Morgan fingerprint density at radius 1 is 1.22 bits per heavy atom. The summed E-state index contributed by atoms with van der Waals surface area (Å²) >= 11 is 0. The van der Waals surface area contributed by atoms with Crippen LogP contribution in [0.3, 0.4) is 0 Å². The first-order chi connectivity index (χ1) is 8.43. The third-order valence-electron chi connectivity index (χ3n) is 2.38. The molecule has 2 N–H and O–H groups in total. The van der Waals surface area contributed by atoms with Crippen LogP contribution >= 0.6 is 0 Å². The maximum atomic E-state index is 4.06. The summed E-state index contributed by atoms with van der Waals surface area (Å²) in [6.07, 6.45) is 7.67. The van der Waals surface area contributed by atoms with Gasteiger partial charge in [0.25, 0.3) is 0 Å². The van der Waals surface area contributed by atoms with Gasteiger partial charge in [0.1, 0.15) is 0 Å². The van der Waals surface area contributed by atoms with Gasteiger partial charge in [0.2, 0.25) is 0 Å². The molecule has 0 aliphatic heterocycles. The van der Waals surface area contributed by atoms with Gasteiger partial charge in [-0.15, -0.1) is 0 Å². The van der Waals surface area contributed by atoms with Gasteiger partial charge in [-0.2, -0.15) is 0 Å². The smallest absolute Gasteiger partial charge is 0.0791 e. The monoisotopic (exact) mass is 314 g/mol. The number of fused-ring (bicyclic) bond motifs is 1. The van der Waals surface area contributed by atoms with E-state index in [9.17, 15) is 0 Å². The molecule has 3 rings (SSSR count). The Bertz CT molecular complexity index is 624. The molecule has 0 saturated carbocycles. The maximum Gasteiger partial charge on any atom is 0.0791 e. The number of nitrogens with one attached hydrogen (secondary N) is 2. The third kappa shape index (κ3) is 2.71. The first kappa shape index (κ1) is 13.0. The number of aromatic amines is 1. The molecule has 0 aromatic carbocycles.